The number of carbonyl (C=O) groups is 1. The van der Waals surface area contributed by atoms with Gasteiger partial charge < -0.3 is 5.32 Å². The van der Waals surface area contributed by atoms with E-state index in [1.165, 1.54) is 5.56 Å². The van der Waals surface area contributed by atoms with E-state index < -0.39 is 0 Å². The lowest BCUT2D eigenvalue weighted by Gasteiger charge is -2.03. The minimum atomic E-state index is 0.124. The zero-order valence-corrected chi connectivity index (χ0v) is 12.6. The molecule has 0 unspecified atom stereocenters. The minimum Gasteiger partial charge on any atom is -0.352 e. The van der Waals surface area contributed by atoms with Gasteiger partial charge in [0.1, 0.15) is 0 Å². The Labute approximate surface area is 126 Å². The number of carbonyl (C=O) groups excluding carboxylic acids is 1. The Morgan fingerprint density at radius 1 is 1.19 bits per heavy atom. The molecule has 1 aromatic heterocycles. The smallest absolute Gasteiger partial charge is 0.220 e. The second kappa shape index (κ2) is 8.25. The van der Waals surface area contributed by atoms with Gasteiger partial charge in [-0.3, -0.25) is 9.48 Å². The molecule has 2 rings (SSSR count). The third kappa shape index (κ3) is 5.42. The molecule has 1 aromatic carbocycles. The van der Waals surface area contributed by atoms with Crippen LogP contribution in [0.1, 0.15) is 43.7 Å². The van der Waals surface area contributed by atoms with E-state index in [2.05, 4.69) is 29.5 Å². The van der Waals surface area contributed by atoms with Crippen molar-refractivity contribution in [2.75, 3.05) is 0 Å². The summed E-state index contributed by atoms with van der Waals surface area (Å²) in [6.07, 6.45) is 7.64. The molecule has 0 bridgehead atoms. The fourth-order valence-corrected chi connectivity index (χ4v) is 2.18. The molecule has 1 N–H and O–H groups in total. The number of nitrogens with zero attached hydrogens (tertiary/aromatic N) is 2. The van der Waals surface area contributed by atoms with Crippen LogP contribution in [0.3, 0.4) is 0 Å². The lowest BCUT2D eigenvalue weighted by atomic mass is 10.2. The van der Waals surface area contributed by atoms with Crippen LogP contribution in [-0.2, 0) is 17.9 Å². The van der Waals surface area contributed by atoms with Crippen molar-refractivity contribution in [3.63, 3.8) is 0 Å². The maximum Gasteiger partial charge on any atom is 0.220 e. The van der Waals surface area contributed by atoms with Gasteiger partial charge in [-0.15, -0.1) is 0 Å². The van der Waals surface area contributed by atoms with Gasteiger partial charge in [-0.2, -0.15) is 5.10 Å². The van der Waals surface area contributed by atoms with Gasteiger partial charge in [0, 0.05) is 24.7 Å². The second-order valence-corrected chi connectivity index (χ2v) is 5.27. The molecule has 4 nitrogen and oxygen atoms in total. The first kappa shape index (κ1) is 15.3. The van der Waals surface area contributed by atoms with E-state index in [0.717, 1.165) is 31.4 Å². The molecular weight excluding hydrogens is 262 g/mol. The summed E-state index contributed by atoms with van der Waals surface area (Å²) >= 11 is 0. The normalized spacial score (nSPS) is 10.5. The van der Waals surface area contributed by atoms with Gasteiger partial charge in [0.25, 0.3) is 0 Å². The molecule has 0 aliphatic heterocycles. The number of rotatable bonds is 8. The number of aromatic nitrogens is 2. The molecule has 0 atom stereocenters. The van der Waals surface area contributed by atoms with Crippen LogP contribution in [-0.4, -0.2) is 15.7 Å². The van der Waals surface area contributed by atoms with E-state index in [0.29, 0.717) is 13.0 Å². The average Bonchev–Trinajstić information content (AvgIpc) is 2.94. The standard InChI is InChI=1S/C17H23N3O/c1-2-3-5-10-17(21)18-11-16-12-19-20(14-16)13-15-8-6-4-7-9-15/h4,6-9,12,14H,2-3,5,10-11,13H2,1H3,(H,18,21). The quantitative estimate of drug-likeness (QED) is 0.757. The van der Waals surface area contributed by atoms with Crippen LogP contribution in [0.15, 0.2) is 42.7 Å². The Morgan fingerprint density at radius 3 is 2.76 bits per heavy atom. The lowest BCUT2D eigenvalue weighted by Crippen LogP contribution is -2.22. The fraction of sp³-hybridized carbons (Fsp3) is 0.412. The topological polar surface area (TPSA) is 46.9 Å². The highest BCUT2D eigenvalue weighted by Gasteiger charge is 2.03. The molecule has 0 saturated carbocycles. The van der Waals surface area contributed by atoms with Crippen LogP contribution in [0.25, 0.3) is 0 Å². The Balaban J connectivity index is 1.77. The summed E-state index contributed by atoms with van der Waals surface area (Å²) in [6, 6.07) is 10.2. The molecule has 4 heteroatoms. The Bertz CT molecular complexity index is 548. The van der Waals surface area contributed by atoms with Crippen molar-refractivity contribution in [3.8, 4) is 0 Å². The van der Waals surface area contributed by atoms with Crippen molar-refractivity contribution in [1.29, 1.82) is 0 Å². The summed E-state index contributed by atoms with van der Waals surface area (Å²) in [7, 11) is 0. The van der Waals surface area contributed by atoms with Gasteiger partial charge in [0.2, 0.25) is 5.91 Å². The third-order valence-corrected chi connectivity index (χ3v) is 3.37. The van der Waals surface area contributed by atoms with Crippen molar-refractivity contribution in [2.45, 2.75) is 45.7 Å². The zero-order valence-electron chi connectivity index (χ0n) is 12.6. The number of nitrogens with one attached hydrogen (secondary N) is 1. The van der Waals surface area contributed by atoms with E-state index in [1.54, 1.807) is 0 Å². The van der Waals surface area contributed by atoms with Gasteiger partial charge in [-0.25, -0.2) is 0 Å². The molecule has 0 aliphatic carbocycles. The largest absolute Gasteiger partial charge is 0.352 e. The zero-order chi connectivity index (χ0) is 14.9. The summed E-state index contributed by atoms with van der Waals surface area (Å²) in [5.74, 6) is 0.124. The molecule has 2 aromatic rings. The molecule has 0 radical (unpaired) electrons. The second-order valence-electron chi connectivity index (χ2n) is 5.27. The molecule has 0 spiro atoms. The Hall–Kier alpha value is -2.10. The third-order valence-electron chi connectivity index (χ3n) is 3.37. The van der Waals surface area contributed by atoms with Gasteiger partial charge in [-0.05, 0) is 12.0 Å². The molecule has 0 saturated heterocycles. The van der Waals surface area contributed by atoms with E-state index in [9.17, 15) is 4.79 Å². The first-order chi connectivity index (χ1) is 10.3. The predicted molar refractivity (Wildman–Crippen MR) is 83.8 cm³/mol. The maximum atomic E-state index is 11.7. The number of hydrogen-bond acceptors (Lipinski definition) is 2. The molecular formula is C17H23N3O. The summed E-state index contributed by atoms with van der Waals surface area (Å²) < 4.78 is 1.90. The van der Waals surface area contributed by atoms with E-state index in [4.69, 9.17) is 0 Å². The summed E-state index contributed by atoms with van der Waals surface area (Å²) in [4.78, 5) is 11.7. The van der Waals surface area contributed by atoms with Crippen LogP contribution < -0.4 is 5.32 Å². The number of benzene rings is 1. The van der Waals surface area contributed by atoms with Crippen LogP contribution in [0.2, 0.25) is 0 Å². The van der Waals surface area contributed by atoms with Crippen molar-refractivity contribution >= 4 is 5.91 Å². The summed E-state index contributed by atoms with van der Waals surface area (Å²) in [6.45, 7) is 3.45. The number of hydrogen-bond donors (Lipinski definition) is 1. The molecule has 1 heterocycles. The van der Waals surface area contributed by atoms with E-state index in [1.807, 2.05) is 35.3 Å². The number of unbranched alkanes of at least 4 members (excludes halogenated alkanes) is 2. The SMILES string of the molecule is CCCCCC(=O)NCc1cnn(Cc2ccccc2)c1. The fourth-order valence-electron chi connectivity index (χ4n) is 2.18. The molecule has 1 amide bonds. The lowest BCUT2D eigenvalue weighted by molar-refractivity contribution is -0.121. The monoisotopic (exact) mass is 285 g/mol. The Morgan fingerprint density at radius 2 is 2.00 bits per heavy atom. The molecule has 0 aliphatic rings. The molecule has 21 heavy (non-hydrogen) atoms. The highest BCUT2D eigenvalue weighted by molar-refractivity contribution is 5.75. The summed E-state index contributed by atoms with van der Waals surface area (Å²) in [5, 5.41) is 7.27. The van der Waals surface area contributed by atoms with Gasteiger partial charge in [-0.1, -0.05) is 50.1 Å². The predicted octanol–water partition coefficient (Wildman–Crippen LogP) is 3.13. The van der Waals surface area contributed by atoms with Crippen LogP contribution >= 0.6 is 0 Å². The van der Waals surface area contributed by atoms with E-state index >= 15 is 0 Å². The average molecular weight is 285 g/mol. The van der Waals surface area contributed by atoms with Gasteiger partial charge >= 0.3 is 0 Å². The van der Waals surface area contributed by atoms with Crippen molar-refractivity contribution < 1.29 is 4.79 Å². The van der Waals surface area contributed by atoms with Crippen molar-refractivity contribution in [1.82, 2.24) is 15.1 Å². The minimum absolute atomic E-state index is 0.124. The van der Waals surface area contributed by atoms with Gasteiger partial charge in [0.15, 0.2) is 0 Å². The van der Waals surface area contributed by atoms with Crippen LogP contribution in [0.5, 0.6) is 0 Å². The van der Waals surface area contributed by atoms with Crippen molar-refractivity contribution in [2.24, 2.45) is 0 Å². The Kier molecular flexibility index (Phi) is 6.00. The number of amides is 1. The van der Waals surface area contributed by atoms with Crippen LogP contribution in [0.4, 0.5) is 0 Å². The van der Waals surface area contributed by atoms with Crippen LogP contribution in [0, 0.1) is 0 Å². The molecule has 0 fully saturated rings. The van der Waals surface area contributed by atoms with Crippen molar-refractivity contribution in [3.05, 3.63) is 53.9 Å². The summed E-state index contributed by atoms with van der Waals surface area (Å²) in [5.41, 5.74) is 2.26. The van der Waals surface area contributed by atoms with Gasteiger partial charge in [0.05, 0.1) is 12.7 Å². The highest BCUT2D eigenvalue weighted by atomic mass is 16.1. The highest BCUT2D eigenvalue weighted by Crippen LogP contribution is 2.04. The first-order valence-electron chi connectivity index (χ1n) is 7.60. The first-order valence-corrected chi connectivity index (χ1v) is 7.60. The molecule has 112 valence electrons. The maximum absolute atomic E-state index is 11.7. The van der Waals surface area contributed by atoms with E-state index in [-0.39, 0.29) is 5.91 Å².